The zero-order valence-corrected chi connectivity index (χ0v) is 11.1. The maximum atomic E-state index is 11.1. The van der Waals surface area contributed by atoms with Crippen LogP contribution in [-0.2, 0) is 4.79 Å². The van der Waals surface area contributed by atoms with Crippen LogP contribution in [0.3, 0.4) is 0 Å². The van der Waals surface area contributed by atoms with E-state index in [-0.39, 0.29) is 5.91 Å². The molecule has 0 aliphatic rings. The lowest BCUT2D eigenvalue weighted by molar-refractivity contribution is -0.114. The molecule has 0 spiro atoms. The molecule has 0 saturated heterocycles. The number of carbonyl (C=O) groups excluding carboxylic acids is 1. The number of thiazole rings is 1. The summed E-state index contributed by atoms with van der Waals surface area (Å²) in [5, 5.41) is 3.67. The second-order valence-electron chi connectivity index (χ2n) is 4.11. The van der Waals surface area contributed by atoms with E-state index in [0.717, 1.165) is 26.6 Å². The van der Waals surface area contributed by atoms with Crippen LogP contribution in [0.15, 0.2) is 42.6 Å². The second-order valence-corrected chi connectivity index (χ2v) is 5.09. The van der Waals surface area contributed by atoms with E-state index >= 15 is 0 Å². The zero-order chi connectivity index (χ0) is 13.2. The van der Waals surface area contributed by atoms with Gasteiger partial charge in [0.05, 0.1) is 0 Å². The van der Waals surface area contributed by atoms with E-state index < -0.39 is 0 Å². The van der Waals surface area contributed by atoms with Crippen molar-refractivity contribution >= 4 is 33.3 Å². The molecule has 2 aromatic heterocycles. The van der Waals surface area contributed by atoms with Gasteiger partial charge in [0, 0.05) is 24.4 Å². The minimum absolute atomic E-state index is 0.0804. The van der Waals surface area contributed by atoms with Crippen LogP contribution in [0.25, 0.3) is 20.9 Å². The highest BCUT2D eigenvalue weighted by molar-refractivity contribution is 7.21. The van der Waals surface area contributed by atoms with Crippen molar-refractivity contribution in [3.63, 3.8) is 0 Å². The number of nitrogens with zero attached hydrogens (tertiary/aromatic N) is 2. The van der Waals surface area contributed by atoms with E-state index in [1.54, 1.807) is 17.5 Å². The molecule has 0 atom stereocenters. The Morgan fingerprint density at radius 3 is 2.95 bits per heavy atom. The third-order valence-electron chi connectivity index (χ3n) is 2.60. The third kappa shape index (κ3) is 2.46. The van der Waals surface area contributed by atoms with Gasteiger partial charge in [0.25, 0.3) is 0 Å². The molecule has 0 radical (unpaired) electrons. The Hall–Kier alpha value is -2.27. The Morgan fingerprint density at radius 1 is 1.26 bits per heavy atom. The number of aromatic nitrogens is 2. The molecule has 0 aliphatic heterocycles. The first kappa shape index (κ1) is 11.8. The number of amides is 1. The SMILES string of the molecule is CC(=O)Nc1cccc(-c2nc3cccnc3s2)c1. The van der Waals surface area contributed by atoms with Crippen LogP contribution in [0.5, 0.6) is 0 Å². The van der Waals surface area contributed by atoms with Crippen LogP contribution < -0.4 is 5.32 Å². The molecule has 0 unspecified atom stereocenters. The topological polar surface area (TPSA) is 54.9 Å². The summed E-state index contributed by atoms with van der Waals surface area (Å²) in [6.07, 6.45) is 1.76. The first-order valence-corrected chi connectivity index (χ1v) is 6.63. The number of carbonyl (C=O) groups is 1. The second kappa shape index (κ2) is 4.78. The zero-order valence-electron chi connectivity index (χ0n) is 10.3. The van der Waals surface area contributed by atoms with E-state index in [0.29, 0.717) is 0 Å². The van der Waals surface area contributed by atoms with E-state index in [1.165, 1.54) is 6.92 Å². The van der Waals surface area contributed by atoms with Crippen molar-refractivity contribution in [1.82, 2.24) is 9.97 Å². The standard InChI is InChI=1S/C14H11N3OS/c1-9(18)16-11-5-2-4-10(8-11)13-17-12-6-3-7-15-14(12)19-13/h2-8H,1H3,(H,16,18). The van der Waals surface area contributed by atoms with Gasteiger partial charge < -0.3 is 5.32 Å². The summed E-state index contributed by atoms with van der Waals surface area (Å²) in [7, 11) is 0. The molecule has 2 heterocycles. The lowest BCUT2D eigenvalue weighted by Gasteiger charge is -2.03. The normalized spacial score (nSPS) is 10.6. The fraction of sp³-hybridized carbons (Fsp3) is 0.0714. The van der Waals surface area contributed by atoms with Crippen molar-refractivity contribution in [1.29, 1.82) is 0 Å². The number of hydrogen-bond acceptors (Lipinski definition) is 4. The Morgan fingerprint density at radius 2 is 2.16 bits per heavy atom. The highest BCUT2D eigenvalue weighted by Crippen LogP contribution is 2.29. The summed E-state index contributed by atoms with van der Waals surface area (Å²) in [5.41, 5.74) is 2.65. The van der Waals surface area contributed by atoms with E-state index in [1.807, 2.05) is 36.4 Å². The molecule has 19 heavy (non-hydrogen) atoms. The molecule has 1 N–H and O–H groups in total. The molecule has 0 saturated carbocycles. The van der Waals surface area contributed by atoms with Gasteiger partial charge in [0.2, 0.25) is 5.91 Å². The van der Waals surface area contributed by atoms with Gasteiger partial charge in [-0.1, -0.05) is 23.5 Å². The lowest BCUT2D eigenvalue weighted by Crippen LogP contribution is -2.05. The van der Waals surface area contributed by atoms with Gasteiger partial charge in [-0.25, -0.2) is 9.97 Å². The average molecular weight is 269 g/mol. The van der Waals surface area contributed by atoms with Gasteiger partial charge >= 0.3 is 0 Å². The first-order chi connectivity index (χ1) is 9.22. The molecule has 0 bridgehead atoms. The number of benzene rings is 1. The molecule has 0 aliphatic carbocycles. The lowest BCUT2D eigenvalue weighted by atomic mass is 10.2. The van der Waals surface area contributed by atoms with Gasteiger partial charge in [-0.15, -0.1) is 0 Å². The smallest absolute Gasteiger partial charge is 0.221 e. The molecule has 0 fully saturated rings. The molecule has 3 rings (SSSR count). The summed E-state index contributed by atoms with van der Waals surface area (Å²) in [4.78, 5) is 20.8. The highest BCUT2D eigenvalue weighted by Gasteiger charge is 2.07. The number of hydrogen-bond donors (Lipinski definition) is 1. The summed E-state index contributed by atoms with van der Waals surface area (Å²) in [6, 6.07) is 11.5. The predicted molar refractivity (Wildman–Crippen MR) is 77.2 cm³/mol. The number of rotatable bonds is 2. The number of fused-ring (bicyclic) bond motifs is 1. The van der Waals surface area contributed by atoms with Gasteiger partial charge in [-0.05, 0) is 24.3 Å². The highest BCUT2D eigenvalue weighted by atomic mass is 32.1. The van der Waals surface area contributed by atoms with Gasteiger partial charge in [0.15, 0.2) is 0 Å². The third-order valence-corrected chi connectivity index (χ3v) is 3.62. The fourth-order valence-corrected chi connectivity index (χ4v) is 2.73. The molecule has 5 heteroatoms. The minimum Gasteiger partial charge on any atom is -0.326 e. The van der Waals surface area contributed by atoms with Crippen molar-refractivity contribution < 1.29 is 4.79 Å². The Kier molecular flexibility index (Phi) is 2.97. The van der Waals surface area contributed by atoms with E-state index in [2.05, 4.69) is 15.3 Å². The van der Waals surface area contributed by atoms with Crippen LogP contribution in [0.4, 0.5) is 5.69 Å². The molecule has 3 aromatic rings. The van der Waals surface area contributed by atoms with Crippen LogP contribution >= 0.6 is 11.3 Å². The van der Waals surface area contributed by atoms with Crippen molar-refractivity contribution in [2.75, 3.05) is 5.32 Å². The van der Waals surface area contributed by atoms with Gasteiger partial charge in [-0.2, -0.15) is 0 Å². The van der Waals surface area contributed by atoms with Gasteiger partial charge in [-0.3, -0.25) is 4.79 Å². The number of nitrogens with one attached hydrogen (secondary N) is 1. The van der Waals surface area contributed by atoms with Crippen molar-refractivity contribution in [2.24, 2.45) is 0 Å². The number of anilines is 1. The summed E-state index contributed by atoms with van der Waals surface area (Å²) >= 11 is 1.54. The molecule has 4 nitrogen and oxygen atoms in total. The van der Waals surface area contributed by atoms with Crippen LogP contribution in [0.1, 0.15) is 6.92 Å². The first-order valence-electron chi connectivity index (χ1n) is 5.82. The quantitative estimate of drug-likeness (QED) is 0.776. The Balaban J connectivity index is 2.03. The average Bonchev–Trinajstić information content (AvgIpc) is 2.82. The summed E-state index contributed by atoms with van der Waals surface area (Å²) < 4.78 is 0. The van der Waals surface area contributed by atoms with Crippen molar-refractivity contribution in [3.8, 4) is 10.6 Å². The van der Waals surface area contributed by atoms with Crippen LogP contribution in [-0.4, -0.2) is 15.9 Å². The van der Waals surface area contributed by atoms with E-state index in [9.17, 15) is 4.79 Å². The Bertz CT molecular complexity index is 718. The maximum Gasteiger partial charge on any atom is 0.221 e. The fourth-order valence-electron chi connectivity index (χ4n) is 1.83. The summed E-state index contributed by atoms with van der Waals surface area (Å²) in [6.45, 7) is 1.49. The monoisotopic (exact) mass is 269 g/mol. The van der Waals surface area contributed by atoms with Crippen LogP contribution in [0, 0.1) is 0 Å². The van der Waals surface area contributed by atoms with Crippen molar-refractivity contribution in [3.05, 3.63) is 42.6 Å². The molecular formula is C14H11N3OS. The molecular weight excluding hydrogens is 258 g/mol. The Labute approximate surface area is 114 Å². The largest absolute Gasteiger partial charge is 0.326 e. The molecule has 94 valence electrons. The number of pyridine rings is 1. The van der Waals surface area contributed by atoms with Crippen LogP contribution in [0.2, 0.25) is 0 Å². The van der Waals surface area contributed by atoms with Gasteiger partial charge in [0.1, 0.15) is 15.4 Å². The maximum absolute atomic E-state index is 11.1. The molecule has 1 amide bonds. The molecule has 1 aromatic carbocycles. The predicted octanol–water partition coefficient (Wildman–Crippen LogP) is 3.32. The van der Waals surface area contributed by atoms with Crippen molar-refractivity contribution in [2.45, 2.75) is 6.92 Å². The minimum atomic E-state index is -0.0804. The summed E-state index contributed by atoms with van der Waals surface area (Å²) in [5.74, 6) is -0.0804. The van der Waals surface area contributed by atoms with E-state index in [4.69, 9.17) is 0 Å².